The molecule has 0 radical (unpaired) electrons. The van der Waals surface area contributed by atoms with Crippen molar-refractivity contribution in [2.24, 2.45) is 0 Å². The summed E-state index contributed by atoms with van der Waals surface area (Å²) in [7, 11) is 0. The van der Waals surface area contributed by atoms with Gasteiger partial charge in [0, 0.05) is 18.7 Å². The van der Waals surface area contributed by atoms with E-state index in [1.165, 1.54) is 0 Å². The summed E-state index contributed by atoms with van der Waals surface area (Å²) in [4.78, 5) is 12.2. The molecule has 0 aliphatic carbocycles. The number of aromatic nitrogens is 3. The van der Waals surface area contributed by atoms with Gasteiger partial charge in [0.05, 0.1) is 11.1 Å². The van der Waals surface area contributed by atoms with Gasteiger partial charge in [0.2, 0.25) is 0 Å². The first-order chi connectivity index (χ1) is 10.0. The molecule has 0 fully saturated rings. The molecule has 2 aromatic rings. The lowest BCUT2D eigenvalue weighted by molar-refractivity contribution is 0.0314. The molecular formula is C15H22N4O2. The van der Waals surface area contributed by atoms with Crippen molar-refractivity contribution in [3.63, 3.8) is 0 Å². The number of rotatable bonds is 6. The van der Waals surface area contributed by atoms with Crippen molar-refractivity contribution in [3.8, 4) is 0 Å². The topological polar surface area (TPSA) is 80.0 Å². The van der Waals surface area contributed by atoms with Crippen LogP contribution in [0, 0.1) is 0 Å². The lowest BCUT2D eigenvalue weighted by Gasteiger charge is -2.25. The number of hydrogen-bond acceptors (Lipinski definition) is 4. The maximum absolute atomic E-state index is 12.2. The molecule has 2 N–H and O–H groups in total. The summed E-state index contributed by atoms with van der Waals surface area (Å²) in [6, 6.07) is 5.32. The van der Waals surface area contributed by atoms with Gasteiger partial charge in [-0.2, -0.15) is 0 Å². The minimum absolute atomic E-state index is 0.205. The maximum atomic E-state index is 12.2. The molecule has 1 aromatic heterocycles. The fraction of sp³-hybridized carbons (Fsp3) is 0.533. The lowest BCUT2D eigenvalue weighted by atomic mass is 9.97. The Balaban J connectivity index is 2.13. The molecule has 1 amide bonds. The minimum Gasteiger partial charge on any atom is -0.388 e. The van der Waals surface area contributed by atoms with E-state index in [-0.39, 0.29) is 12.5 Å². The third kappa shape index (κ3) is 3.21. The van der Waals surface area contributed by atoms with E-state index in [0.717, 1.165) is 12.1 Å². The average Bonchev–Trinajstić information content (AvgIpc) is 2.94. The third-order valence-corrected chi connectivity index (χ3v) is 3.97. The quantitative estimate of drug-likeness (QED) is 0.849. The molecule has 21 heavy (non-hydrogen) atoms. The van der Waals surface area contributed by atoms with Crippen LogP contribution in [0.15, 0.2) is 18.2 Å². The molecule has 1 aromatic carbocycles. The Morgan fingerprint density at radius 2 is 2.05 bits per heavy atom. The molecule has 0 unspecified atom stereocenters. The number of nitrogens with zero attached hydrogens (tertiary/aromatic N) is 3. The zero-order chi connectivity index (χ0) is 15.5. The molecule has 6 heteroatoms. The fourth-order valence-corrected chi connectivity index (χ4v) is 2.19. The number of aliphatic hydroxyl groups is 1. The molecule has 0 atom stereocenters. The van der Waals surface area contributed by atoms with Crippen LogP contribution in [0.4, 0.5) is 0 Å². The molecular weight excluding hydrogens is 268 g/mol. The molecule has 2 rings (SSSR count). The predicted octanol–water partition coefficient (Wildman–Crippen LogP) is 1.73. The van der Waals surface area contributed by atoms with Crippen LogP contribution in [0.3, 0.4) is 0 Å². The van der Waals surface area contributed by atoms with E-state index in [1.54, 1.807) is 16.8 Å². The standard InChI is InChI=1S/C15H22N4O2/c1-4-15(21,5-2)10-16-14(20)11-7-8-13-12(9-11)17-18-19(13)6-3/h7-9,21H,4-6,10H2,1-3H3,(H,16,20). The summed E-state index contributed by atoms with van der Waals surface area (Å²) in [5.74, 6) is -0.205. The van der Waals surface area contributed by atoms with Crippen molar-refractivity contribution in [2.45, 2.75) is 45.8 Å². The van der Waals surface area contributed by atoms with Crippen molar-refractivity contribution in [2.75, 3.05) is 6.54 Å². The van der Waals surface area contributed by atoms with Crippen molar-refractivity contribution in [1.29, 1.82) is 0 Å². The number of carbonyl (C=O) groups is 1. The van der Waals surface area contributed by atoms with Crippen LogP contribution in [0.5, 0.6) is 0 Å². The van der Waals surface area contributed by atoms with Gasteiger partial charge in [-0.1, -0.05) is 19.1 Å². The van der Waals surface area contributed by atoms with Gasteiger partial charge in [0.1, 0.15) is 5.52 Å². The molecule has 0 bridgehead atoms. The summed E-state index contributed by atoms with van der Waals surface area (Å²) in [6.45, 7) is 6.79. The summed E-state index contributed by atoms with van der Waals surface area (Å²) >= 11 is 0. The van der Waals surface area contributed by atoms with Gasteiger partial charge in [-0.3, -0.25) is 4.79 Å². The zero-order valence-corrected chi connectivity index (χ0v) is 12.8. The number of carbonyl (C=O) groups excluding carboxylic acids is 1. The second-order valence-electron chi connectivity index (χ2n) is 5.22. The number of amides is 1. The lowest BCUT2D eigenvalue weighted by Crippen LogP contribution is -2.42. The Labute approximate surface area is 124 Å². The summed E-state index contributed by atoms with van der Waals surface area (Å²) in [6.07, 6.45) is 1.21. The van der Waals surface area contributed by atoms with Gasteiger partial charge in [-0.15, -0.1) is 5.10 Å². The highest BCUT2D eigenvalue weighted by atomic mass is 16.3. The van der Waals surface area contributed by atoms with Crippen LogP contribution in [0.2, 0.25) is 0 Å². The maximum Gasteiger partial charge on any atom is 0.251 e. The summed E-state index contributed by atoms with van der Waals surface area (Å²) < 4.78 is 1.78. The number of benzene rings is 1. The summed E-state index contributed by atoms with van der Waals surface area (Å²) in [5.41, 5.74) is 1.30. The van der Waals surface area contributed by atoms with Crippen molar-refractivity contribution < 1.29 is 9.90 Å². The number of hydrogen-bond donors (Lipinski definition) is 2. The number of nitrogens with one attached hydrogen (secondary N) is 1. The molecule has 0 aliphatic rings. The first-order valence-corrected chi connectivity index (χ1v) is 7.36. The minimum atomic E-state index is -0.842. The summed E-state index contributed by atoms with van der Waals surface area (Å²) in [5, 5.41) is 21.1. The van der Waals surface area contributed by atoms with Crippen LogP contribution in [0.1, 0.15) is 44.0 Å². The van der Waals surface area contributed by atoms with E-state index >= 15 is 0 Å². The molecule has 1 heterocycles. The highest BCUT2D eigenvalue weighted by Crippen LogP contribution is 2.15. The van der Waals surface area contributed by atoms with E-state index < -0.39 is 5.60 Å². The first kappa shape index (κ1) is 15.4. The van der Waals surface area contributed by atoms with Gasteiger partial charge in [-0.05, 0) is 38.0 Å². The Kier molecular flexibility index (Phi) is 4.57. The van der Waals surface area contributed by atoms with Gasteiger partial charge >= 0.3 is 0 Å². The van der Waals surface area contributed by atoms with E-state index in [0.29, 0.717) is 23.9 Å². The molecule has 0 aliphatic heterocycles. The van der Waals surface area contributed by atoms with Gasteiger partial charge < -0.3 is 10.4 Å². The van der Waals surface area contributed by atoms with Crippen LogP contribution >= 0.6 is 0 Å². The van der Waals surface area contributed by atoms with Crippen LogP contribution < -0.4 is 5.32 Å². The third-order valence-electron chi connectivity index (χ3n) is 3.97. The average molecular weight is 290 g/mol. The van der Waals surface area contributed by atoms with Gasteiger partial charge in [0.15, 0.2) is 0 Å². The van der Waals surface area contributed by atoms with Crippen molar-refractivity contribution in [3.05, 3.63) is 23.8 Å². The SMILES string of the molecule is CCn1nnc2cc(C(=O)NCC(O)(CC)CC)ccc21. The van der Waals surface area contributed by atoms with Crippen molar-refractivity contribution in [1.82, 2.24) is 20.3 Å². The van der Waals surface area contributed by atoms with Gasteiger partial charge in [0.25, 0.3) is 5.91 Å². The van der Waals surface area contributed by atoms with E-state index in [2.05, 4.69) is 15.6 Å². The van der Waals surface area contributed by atoms with E-state index in [4.69, 9.17) is 0 Å². The van der Waals surface area contributed by atoms with E-state index in [9.17, 15) is 9.90 Å². The molecule has 0 saturated heterocycles. The monoisotopic (exact) mass is 290 g/mol. The first-order valence-electron chi connectivity index (χ1n) is 7.36. The second kappa shape index (κ2) is 6.22. The molecule has 0 saturated carbocycles. The van der Waals surface area contributed by atoms with Gasteiger partial charge in [-0.25, -0.2) is 4.68 Å². The van der Waals surface area contributed by atoms with Crippen molar-refractivity contribution >= 4 is 16.9 Å². The second-order valence-corrected chi connectivity index (χ2v) is 5.22. The van der Waals surface area contributed by atoms with Crippen LogP contribution in [-0.2, 0) is 6.54 Å². The number of aryl methyl sites for hydroxylation is 1. The highest BCUT2D eigenvalue weighted by molar-refractivity contribution is 5.97. The molecule has 0 spiro atoms. The highest BCUT2D eigenvalue weighted by Gasteiger charge is 2.23. The Morgan fingerprint density at radius 3 is 2.67 bits per heavy atom. The Morgan fingerprint density at radius 1 is 1.33 bits per heavy atom. The molecule has 114 valence electrons. The largest absolute Gasteiger partial charge is 0.388 e. The fourth-order valence-electron chi connectivity index (χ4n) is 2.19. The molecule has 6 nitrogen and oxygen atoms in total. The number of fused-ring (bicyclic) bond motifs is 1. The Bertz CT molecular complexity index is 632. The normalized spacial score (nSPS) is 11.8. The Hall–Kier alpha value is -1.95. The van der Waals surface area contributed by atoms with E-state index in [1.807, 2.05) is 26.8 Å². The zero-order valence-electron chi connectivity index (χ0n) is 12.8. The smallest absolute Gasteiger partial charge is 0.251 e. The van der Waals surface area contributed by atoms with Crippen LogP contribution in [-0.4, -0.2) is 38.2 Å². The van der Waals surface area contributed by atoms with Crippen LogP contribution in [0.25, 0.3) is 11.0 Å². The predicted molar refractivity (Wildman–Crippen MR) is 81.1 cm³/mol.